The Kier molecular flexibility index (Phi) is 6.31. The summed E-state index contributed by atoms with van der Waals surface area (Å²) >= 11 is 5.96. The Bertz CT molecular complexity index is 779. The lowest BCUT2D eigenvalue weighted by molar-refractivity contribution is -0.136. The molecule has 25 heavy (non-hydrogen) atoms. The van der Waals surface area contributed by atoms with Crippen molar-refractivity contribution in [3.05, 3.63) is 95.6 Å². The zero-order valence-electron chi connectivity index (χ0n) is 13.9. The number of halogens is 1. The van der Waals surface area contributed by atoms with Crippen LogP contribution in [0.3, 0.4) is 0 Å². The van der Waals surface area contributed by atoms with Crippen LogP contribution in [0.25, 0.3) is 0 Å². The van der Waals surface area contributed by atoms with Gasteiger partial charge in [0.15, 0.2) is 5.78 Å². The predicted octanol–water partition coefficient (Wildman–Crippen LogP) is 4.84. The van der Waals surface area contributed by atoms with Crippen molar-refractivity contribution in [2.24, 2.45) is 5.92 Å². The third kappa shape index (κ3) is 4.25. The Morgan fingerprint density at radius 1 is 1.08 bits per heavy atom. The summed E-state index contributed by atoms with van der Waals surface area (Å²) in [4.78, 5) is 25.1. The van der Waals surface area contributed by atoms with Gasteiger partial charge in [0, 0.05) is 22.1 Å². The van der Waals surface area contributed by atoms with E-state index < -0.39 is 17.8 Å². The fourth-order valence-corrected chi connectivity index (χ4v) is 2.87. The van der Waals surface area contributed by atoms with Gasteiger partial charge in [-0.3, -0.25) is 4.79 Å². The van der Waals surface area contributed by atoms with Crippen molar-refractivity contribution >= 4 is 23.4 Å². The van der Waals surface area contributed by atoms with Crippen molar-refractivity contribution in [2.75, 3.05) is 7.11 Å². The summed E-state index contributed by atoms with van der Waals surface area (Å²) in [5.74, 6) is -1.95. The van der Waals surface area contributed by atoms with Gasteiger partial charge in [0.05, 0.1) is 13.0 Å². The number of carbonyl (C=O) groups is 2. The van der Waals surface area contributed by atoms with Gasteiger partial charge in [-0.1, -0.05) is 66.7 Å². The second-order valence-electron chi connectivity index (χ2n) is 5.54. The molecule has 0 bridgehead atoms. The zero-order valence-corrected chi connectivity index (χ0v) is 14.7. The summed E-state index contributed by atoms with van der Waals surface area (Å²) in [5, 5.41) is 0.565. The van der Waals surface area contributed by atoms with Gasteiger partial charge in [0.2, 0.25) is 0 Å². The molecule has 0 saturated heterocycles. The minimum atomic E-state index is -0.657. The van der Waals surface area contributed by atoms with Crippen LogP contribution in [0.2, 0.25) is 5.02 Å². The first-order chi connectivity index (χ1) is 12.0. The summed E-state index contributed by atoms with van der Waals surface area (Å²) in [6.07, 6.45) is 1.54. The molecule has 0 aromatic heterocycles. The van der Waals surface area contributed by atoms with Crippen LogP contribution in [0, 0.1) is 5.92 Å². The first-order valence-corrected chi connectivity index (χ1v) is 8.11. The van der Waals surface area contributed by atoms with E-state index in [0.29, 0.717) is 10.6 Å². The topological polar surface area (TPSA) is 43.4 Å². The lowest BCUT2D eigenvalue weighted by atomic mass is 9.77. The molecule has 128 valence electrons. The average molecular weight is 355 g/mol. The van der Waals surface area contributed by atoms with Gasteiger partial charge in [-0.25, -0.2) is 4.79 Å². The van der Waals surface area contributed by atoms with Crippen LogP contribution in [0.1, 0.15) is 21.8 Å². The highest BCUT2D eigenvalue weighted by Gasteiger charge is 2.33. The molecular weight excluding hydrogens is 336 g/mol. The van der Waals surface area contributed by atoms with Gasteiger partial charge in [-0.05, 0) is 17.7 Å². The second-order valence-corrected chi connectivity index (χ2v) is 5.97. The first-order valence-electron chi connectivity index (χ1n) is 7.74. The molecule has 2 rings (SSSR count). The van der Waals surface area contributed by atoms with Crippen LogP contribution in [-0.2, 0) is 9.53 Å². The molecule has 0 amide bonds. The molecule has 0 spiro atoms. The summed E-state index contributed by atoms with van der Waals surface area (Å²) in [6, 6.07) is 15.9. The molecule has 0 aliphatic carbocycles. The van der Waals surface area contributed by atoms with Gasteiger partial charge < -0.3 is 4.74 Å². The van der Waals surface area contributed by atoms with Crippen LogP contribution in [0.5, 0.6) is 0 Å². The maximum atomic E-state index is 13.0. The molecule has 2 aromatic rings. The Morgan fingerprint density at radius 3 is 2.20 bits per heavy atom. The predicted molar refractivity (Wildman–Crippen MR) is 99.8 cm³/mol. The molecule has 0 radical (unpaired) electrons. The fourth-order valence-electron chi connectivity index (χ4n) is 2.74. The molecule has 0 heterocycles. The fraction of sp³-hybridized carbons (Fsp3) is 0.143. The number of allylic oxidation sites excluding steroid dienone is 1. The normalized spacial score (nSPS) is 12.7. The minimum absolute atomic E-state index is 0.138. The molecule has 0 aliphatic heterocycles. The standard InChI is InChI=1S/C21H19ClO3/c1-4-18(20(23)16-8-6-5-7-9-16)19(14(2)21(24)25-3)15-10-12-17(22)13-11-15/h4-13,18-19H,1-2H2,3H3/t18-,19-/m0/s1. The van der Waals surface area contributed by atoms with Gasteiger partial charge in [0.1, 0.15) is 0 Å². The SMILES string of the molecule is C=C[C@H](C(=O)c1ccccc1)[C@@H](C(=C)C(=O)OC)c1ccc(Cl)cc1. The number of hydrogen-bond acceptors (Lipinski definition) is 3. The Balaban J connectivity index is 2.50. The number of rotatable bonds is 7. The zero-order chi connectivity index (χ0) is 18.4. The van der Waals surface area contributed by atoms with E-state index in [1.165, 1.54) is 7.11 Å². The number of benzene rings is 2. The summed E-state index contributed by atoms with van der Waals surface area (Å²) in [7, 11) is 1.29. The summed E-state index contributed by atoms with van der Waals surface area (Å²) in [6.45, 7) is 7.66. The van der Waals surface area contributed by atoms with Gasteiger partial charge in [0.25, 0.3) is 0 Å². The quantitative estimate of drug-likeness (QED) is 0.309. The molecule has 0 unspecified atom stereocenters. The molecule has 0 saturated carbocycles. The van der Waals surface area contributed by atoms with Gasteiger partial charge in [-0.2, -0.15) is 0 Å². The van der Waals surface area contributed by atoms with Crippen molar-refractivity contribution in [1.29, 1.82) is 0 Å². The Morgan fingerprint density at radius 2 is 1.68 bits per heavy atom. The molecule has 0 fully saturated rings. The van der Waals surface area contributed by atoms with E-state index in [2.05, 4.69) is 13.2 Å². The van der Waals surface area contributed by atoms with E-state index in [1.54, 1.807) is 54.6 Å². The van der Waals surface area contributed by atoms with Crippen LogP contribution < -0.4 is 0 Å². The molecular formula is C21H19ClO3. The van der Waals surface area contributed by atoms with E-state index >= 15 is 0 Å². The number of ketones is 1. The Hall–Kier alpha value is -2.65. The summed E-state index contributed by atoms with van der Waals surface area (Å²) in [5.41, 5.74) is 1.48. The number of ether oxygens (including phenoxy) is 1. The number of hydrogen-bond donors (Lipinski definition) is 0. The number of esters is 1. The molecule has 2 atom stereocenters. The van der Waals surface area contributed by atoms with Crippen LogP contribution in [-0.4, -0.2) is 18.9 Å². The highest BCUT2D eigenvalue weighted by molar-refractivity contribution is 6.30. The van der Waals surface area contributed by atoms with E-state index in [0.717, 1.165) is 5.56 Å². The highest BCUT2D eigenvalue weighted by Crippen LogP contribution is 2.35. The van der Waals surface area contributed by atoms with Gasteiger partial charge in [-0.15, -0.1) is 6.58 Å². The number of carbonyl (C=O) groups excluding carboxylic acids is 2. The second kappa shape index (κ2) is 8.45. The van der Waals surface area contributed by atoms with Crippen molar-refractivity contribution < 1.29 is 14.3 Å². The molecule has 0 aliphatic rings. The van der Waals surface area contributed by atoms with Crippen LogP contribution in [0.4, 0.5) is 0 Å². The number of Topliss-reactive ketones (excluding diaryl/α,β-unsaturated/α-hetero) is 1. The van der Waals surface area contributed by atoms with Crippen molar-refractivity contribution in [3.8, 4) is 0 Å². The molecule has 4 heteroatoms. The monoisotopic (exact) mass is 354 g/mol. The average Bonchev–Trinajstić information content (AvgIpc) is 2.66. The third-order valence-corrected chi connectivity index (χ3v) is 4.28. The van der Waals surface area contributed by atoms with Crippen molar-refractivity contribution in [3.63, 3.8) is 0 Å². The molecule has 3 nitrogen and oxygen atoms in total. The summed E-state index contributed by atoms with van der Waals surface area (Å²) < 4.78 is 4.81. The third-order valence-electron chi connectivity index (χ3n) is 4.03. The van der Waals surface area contributed by atoms with E-state index in [4.69, 9.17) is 16.3 Å². The number of methoxy groups -OCH3 is 1. The van der Waals surface area contributed by atoms with Crippen LogP contribution in [0.15, 0.2) is 79.4 Å². The minimum Gasteiger partial charge on any atom is -0.466 e. The highest BCUT2D eigenvalue weighted by atomic mass is 35.5. The largest absolute Gasteiger partial charge is 0.466 e. The first kappa shape index (κ1) is 18.7. The van der Waals surface area contributed by atoms with Crippen molar-refractivity contribution in [1.82, 2.24) is 0 Å². The lowest BCUT2D eigenvalue weighted by Gasteiger charge is -2.25. The van der Waals surface area contributed by atoms with E-state index in [-0.39, 0.29) is 11.4 Å². The van der Waals surface area contributed by atoms with Crippen molar-refractivity contribution in [2.45, 2.75) is 5.92 Å². The van der Waals surface area contributed by atoms with E-state index in [9.17, 15) is 9.59 Å². The maximum absolute atomic E-state index is 13.0. The molecule has 0 N–H and O–H groups in total. The molecule has 2 aromatic carbocycles. The van der Waals surface area contributed by atoms with Crippen LogP contribution >= 0.6 is 11.6 Å². The maximum Gasteiger partial charge on any atom is 0.333 e. The van der Waals surface area contributed by atoms with Gasteiger partial charge >= 0.3 is 5.97 Å². The lowest BCUT2D eigenvalue weighted by Crippen LogP contribution is -2.25. The Labute approximate surface area is 152 Å². The van der Waals surface area contributed by atoms with E-state index in [1.807, 2.05) is 6.07 Å². The smallest absolute Gasteiger partial charge is 0.333 e.